The number of carbonyl (C=O) groups is 2. The van der Waals surface area contributed by atoms with E-state index >= 15 is 0 Å². The minimum Gasteiger partial charge on any atom is -0.332 e. The number of aryl methyl sites for hydroxylation is 3. The molecule has 0 unspecified atom stereocenters. The van der Waals surface area contributed by atoms with Crippen LogP contribution in [-0.2, 0) is 14.8 Å². The second-order valence-electron chi connectivity index (χ2n) is 8.02. The van der Waals surface area contributed by atoms with Crippen LogP contribution in [0.15, 0.2) is 71.6 Å². The van der Waals surface area contributed by atoms with Gasteiger partial charge < -0.3 is 10.2 Å². The number of rotatable bonds is 7. The van der Waals surface area contributed by atoms with Crippen LogP contribution in [-0.4, -0.2) is 38.7 Å². The first kappa shape index (κ1) is 24.0. The van der Waals surface area contributed by atoms with E-state index in [9.17, 15) is 18.0 Å². The molecule has 7 nitrogen and oxygen atoms in total. The van der Waals surface area contributed by atoms with Crippen molar-refractivity contribution in [1.29, 1.82) is 0 Å². The molecule has 172 valence electrons. The Morgan fingerprint density at radius 1 is 0.848 bits per heavy atom. The largest absolute Gasteiger partial charge is 0.332 e. The lowest BCUT2D eigenvalue weighted by molar-refractivity contribution is -0.116. The maximum atomic E-state index is 12.7. The van der Waals surface area contributed by atoms with E-state index in [0.29, 0.717) is 11.4 Å². The van der Waals surface area contributed by atoms with Crippen molar-refractivity contribution >= 4 is 33.2 Å². The number of hydrogen-bond donors (Lipinski definition) is 2. The average Bonchev–Trinajstić information content (AvgIpc) is 2.77. The van der Waals surface area contributed by atoms with Gasteiger partial charge in [0.2, 0.25) is 5.91 Å². The van der Waals surface area contributed by atoms with Crippen LogP contribution < -0.4 is 10.0 Å². The molecule has 0 aliphatic carbocycles. The second kappa shape index (κ2) is 9.87. The Morgan fingerprint density at radius 2 is 1.45 bits per heavy atom. The van der Waals surface area contributed by atoms with E-state index in [2.05, 4.69) is 10.0 Å². The molecule has 2 N–H and O–H groups in total. The molecule has 2 amide bonds. The molecule has 0 saturated heterocycles. The first-order chi connectivity index (χ1) is 15.5. The van der Waals surface area contributed by atoms with Crippen molar-refractivity contribution in [3.05, 3.63) is 89.0 Å². The Morgan fingerprint density at radius 3 is 2.09 bits per heavy atom. The molecule has 0 saturated carbocycles. The van der Waals surface area contributed by atoms with Gasteiger partial charge in [0.25, 0.3) is 15.9 Å². The zero-order valence-electron chi connectivity index (χ0n) is 19.0. The normalized spacial score (nSPS) is 11.0. The molecule has 0 aromatic heterocycles. The Balaban J connectivity index is 1.64. The average molecular weight is 466 g/mol. The lowest BCUT2D eigenvalue weighted by Crippen LogP contribution is -2.35. The van der Waals surface area contributed by atoms with E-state index in [-0.39, 0.29) is 28.8 Å². The minimum absolute atomic E-state index is 0.0370. The topological polar surface area (TPSA) is 95.6 Å². The van der Waals surface area contributed by atoms with Crippen molar-refractivity contribution in [3.8, 4) is 0 Å². The fraction of sp³-hybridized carbons (Fsp3) is 0.200. The summed E-state index contributed by atoms with van der Waals surface area (Å²) in [6.07, 6.45) is 0. The molecule has 3 aromatic rings. The fourth-order valence-corrected chi connectivity index (χ4v) is 4.24. The van der Waals surface area contributed by atoms with Crippen LogP contribution in [0.4, 0.5) is 11.4 Å². The summed E-state index contributed by atoms with van der Waals surface area (Å²) in [5, 5.41) is 2.82. The lowest BCUT2D eigenvalue weighted by Gasteiger charge is -2.18. The molecule has 0 spiro atoms. The van der Waals surface area contributed by atoms with Crippen LogP contribution in [0.3, 0.4) is 0 Å². The summed E-state index contributed by atoms with van der Waals surface area (Å²) in [6, 6.07) is 18.4. The van der Waals surface area contributed by atoms with Gasteiger partial charge in [-0.2, -0.15) is 0 Å². The van der Waals surface area contributed by atoms with Gasteiger partial charge in [0.15, 0.2) is 0 Å². The number of hydrogen-bond acceptors (Lipinski definition) is 4. The van der Waals surface area contributed by atoms with Crippen molar-refractivity contribution in [2.24, 2.45) is 0 Å². The van der Waals surface area contributed by atoms with E-state index in [1.807, 2.05) is 51.1 Å². The van der Waals surface area contributed by atoms with Gasteiger partial charge in [-0.05, 0) is 74.4 Å². The van der Waals surface area contributed by atoms with Crippen LogP contribution in [0.1, 0.15) is 27.0 Å². The molecule has 8 heteroatoms. The van der Waals surface area contributed by atoms with Gasteiger partial charge >= 0.3 is 0 Å². The van der Waals surface area contributed by atoms with Crippen LogP contribution in [0.2, 0.25) is 0 Å². The number of benzene rings is 3. The number of nitrogens with zero attached hydrogens (tertiary/aromatic N) is 1. The van der Waals surface area contributed by atoms with Crippen LogP contribution in [0, 0.1) is 20.8 Å². The lowest BCUT2D eigenvalue weighted by atomic mass is 10.1. The quantitative estimate of drug-likeness (QED) is 0.549. The summed E-state index contributed by atoms with van der Waals surface area (Å²) in [7, 11) is -2.27. The molecule has 0 fully saturated rings. The van der Waals surface area contributed by atoms with Gasteiger partial charge in [0.05, 0.1) is 11.4 Å². The van der Waals surface area contributed by atoms with Crippen molar-refractivity contribution in [3.63, 3.8) is 0 Å². The van der Waals surface area contributed by atoms with E-state index in [4.69, 9.17) is 0 Å². The third-order valence-electron chi connectivity index (χ3n) is 5.11. The molecule has 3 aromatic carbocycles. The highest BCUT2D eigenvalue weighted by atomic mass is 32.2. The molecule has 0 atom stereocenters. The minimum atomic E-state index is -3.79. The molecule has 0 radical (unpaired) electrons. The van der Waals surface area contributed by atoms with Crippen molar-refractivity contribution in [2.75, 3.05) is 23.6 Å². The third kappa shape index (κ3) is 6.20. The SMILES string of the molecule is Cc1ccc(NS(=O)(=O)c2ccc(C(=O)N(C)CC(=O)Nc3cc(C)ccc3C)cc2)cc1. The Kier molecular flexibility index (Phi) is 7.18. The van der Waals surface area contributed by atoms with Gasteiger partial charge in [-0.25, -0.2) is 8.42 Å². The van der Waals surface area contributed by atoms with Crippen LogP contribution >= 0.6 is 0 Å². The molecule has 0 aliphatic heterocycles. The van der Waals surface area contributed by atoms with Gasteiger partial charge in [-0.15, -0.1) is 0 Å². The number of nitrogens with one attached hydrogen (secondary N) is 2. The summed E-state index contributed by atoms with van der Waals surface area (Å²) in [6.45, 7) is 5.61. The molecular weight excluding hydrogens is 438 g/mol. The van der Waals surface area contributed by atoms with Gasteiger partial charge in [0, 0.05) is 24.0 Å². The number of carbonyl (C=O) groups excluding carboxylic acids is 2. The predicted molar refractivity (Wildman–Crippen MR) is 130 cm³/mol. The highest BCUT2D eigenvalue weighted by Crippen LogP contribution is 2.18. The Labute approximate surface area is 194 Å². The summed E-state index contributed by atoms with van der Waals surface area (Å²) in [4.78, 5) is 26.5. The van der Waals surface area contributed by atoms with Crippen molar-refractivity contribution in [2.45, 2.75) is 25.7 Å². The smallest absolute Gasteiger partial charge is 0.261 e. The highest BCUT2D eigenvalue weighted by Gasteiger charge is 2.18. The standard InChI is InChI=1S/C25H27N3O4S/c1-17-6-11-21(12-7-17)27-33(31,32)22-13-9-20(10-14-22)25(30)28(4)16-24(29)26-23-15-18(2)5-8-19(23)3/h5-15,27H,16H2,1-4H3,(H,26,29). The highest BCUT2D eigenvalue weighted by molar-refractivity contribution is 7.92. The third-order valence-corrected chi connectivity index (χ3v) is 6.51. The molecule has 3 rings (SSSR count). The first-order valence-electron chi connectivity index (χ1n) is 10.4. The number of sulfonamides is 1. The Hall–Kier alpha value is -3.65. The summed E-state index contributed by atoms with van der Waals surface area (Å²) >= 11 is 0. The zero-order chi connectivity index (χ0) is 24.2. The number of likely N-dealkylation sites (N-methyl/N-ethyl adjacent to an activating group) is 1. The van der Waals surface area contributed by atoms with E-state index in [0.717, 1.165) is 16.7 Å². The molecular formula is C25H27N3O4S. The van der Waals surface area contributed by atoms with Gasteiger partial charge in [-0.3, -0.25) is 14.3 Å². The van der Waals surface area contributed by atoms with E-state index in [1.165, 1.54) is 36.2 Å². The van der Waals surface area contributed by atoms with Crippen molar-refractivity contribution in [1.82, 2.24) is 4.90 Å². The van der Waals surface area contributed by atoms with Crippen LogP contribution in [0.25, 0.3) is 0 Å². The van der Waals surface area contributed by atoms with Gasteiger partial charge in [0.1, 0.15) is 0 Å². The monoisotopic (exact) mass is 465 g/mol. The van der Waals surface area contributed by atoms with E-state index in [1.54, 1.807) is 12.1 Å². The molecule has 33 heavy (non-hydrogen) atoms. The van der Waals surface area contributed by atoms with Gasteiger partial charge in [-0.1, -0.05) is 29.8 Å². The summed E-state index contributed by atoms with van der Waals surface area (Å²) < 4.78 is 27.7. The van der Waals surface area contributed by atoms with Crippen molar-refractivity contribution < 1.29 is 18.0 Å². The van der Waals surface area contributed by atoms with Crippen LogP contribution in [0.5, 0.6) is 0 Å². The fourth-order valence-electron chi connectivity index (χ4n) is 3.18. The summed E-state index contributed by atoms with van der Waals surface area (Å²) in [5.41, 5.74) is 4.41. The number of anilines is 2. The molecule has 0 bridgehead atoms. The number of amides is 2. The maximum Gasteiger partial charge on any atom is 0.261 e. The molecule has 0 heterocycles. The zero-order valence-corrected chi connectivity index (χ0v) is 19.9. The molecule has 0 aliphatic rings. The Bertz CT molecular complexity index is 1270. The predicted octanol–water partition coefficient (Wildman–Crippen LogP) is 4.12. The first-order valence-corrected chi connectivity index (χ1v) is 11.9. The maximum absolute atomic E-state index is 12.7. The van der Waals surface area contributed by atoms with E-state index < -0.39 is 10.0 Å². The summed E-state index contributed by atoms with van der Waals surface area (Å²) in [5.74, 6) is -0.706. The second-order valence-corrected chi connectivity index (χ2v) is 9.71.